The standard InChI is InChI=1S/C18H20Cl2N4O/c1-2-23-7-9-24(10-8-23)18(25)17-12-14(5-6-21-17)22-13-3-4-15(19)16(20)11-13/h3-6,11-12H,2,7-10H2,1H3,(H,21,22). The van der Waals surface area contributed by atoms with Crippen molar-refractivity contribution in [1.82, 2.24) is 14.8 Å². The van der Waals surface area contributed by atoms with E-state index in [0.717, 1.165) is 44.1 Å². The molecule has 25 heavy (non-hydrogen) atoms. The van der Waals surface area contributed by atoms with Crippen molar-refractivity contribution < 1.29 is 4.79 Å². The molecule has 0 atom stereocenters. The Balaban J connectivity index is 1.70. The van der Waals surface area contributed by atoms with Crippen LogP contribution in [0.5, 0.6) is 0 Å². The minimum atomic E-state index is -0.0338. The summed E-state index contributed by atoms with van der Waals surface area (Å²) < 4.78 is 0. The number of aromatic nitrogens is 1. The van der Waals surface area contributed by atoms with E-state index in [1.807, 2.05) is 17.0 Å². The number of nitrogens with zero attached hydrogens (tertiary/aromatic N) is 3. The third-order valence-electron chi connectivity index (χ3n) is 4.29. The number of hydrogen-bond donors (Lipinski definition) is 1. The van der Waals surface area contributed by atoms with Crippen LogP contribution in [0.15, 0.2) is 36.5 Å². The van der Waals surface area contributed by atoms with Gasteiger partial charge in [0.05, 0.1) is 10.0 Å². The molecular weight excluding hydrogens is 359 g/mol. The summed E-state index contributed by atoms with van der Waals surface area (Å²) in [5.41, 5.74) is 2.02. The fourth-order valence-electron chi connectivity index (χ4n) is 2.79. The van der Waals surface area contributed by atoms with E-state index in [-0.39, 0.29) is 5.91 Å². The highest BCUT2D eigenvalue weighted by molar-refractivity contribution is 6.42. The molecule has 1 aliphatic rings. The lowest BCUT2D eigenvalue weighted by Gasteiger charge is -2.33. The van der Waals surface area contributed by atoms with Crippen molar-refractivity contribution in [2.75, 3.05) is 38.0 Å². The zero-order chi connectivity index (χ0) is 17.8. The Labute approximate surface area is 157 Å². The van der Waals surface area contributed by atoms with Gasteiger partial charge in [0.1, 0.15) is 5.69 Å². The number of hydrogen-bond acceptors (Lipinski definition) is 4. The first-order valence-corrected chi connectivity index (χ1v) is 9.02. The van der Waals surface area contributed by atoms with E-state index in [1.165, 1.54) is 0 Å². The van der Waals surface area contributed by atoms with Gasteiger partial charge in [0.15, 0.2) is 0 Å². The number of pyridine rings is 1. The van der Waals surface area contributed by atoms with E-state index >= 15 is 0 Å². The number of amides is 1. The zero-order valence-electron chi connectivity index (χ0n) is 14.0. The number of halogens is 2. The molecule has 2 aromatic rings. The molecule has 0 saturated carbocycles. The van der Waals surface area contributed by atoms with Gasteiger partial charge in [-0.2, -0.15) is 0 Å². The minimum Gasteiger partial charge on any atom is -0.355 e. The van der Waals surface area contributed by atoms with Crippen LogP contribution in [-0.4, -0.2) is 53.4 Å². The second-order valence-corrected chi connectivity index (χ2v) is 6.72. The summed E-state index contributed by atoms with van der Waals surface area (Å²) >= 11 is 12.0. The van der Waals surface area contributed by atoms with Gasteiger partial charge >= 0.3 is 0 Å². The van der Waals surface area contributed by atoms with E-state index in [2.05, 4.69) is 22.1 Å². The first-order valence-electron chi connectivity index (χ1n) is 8.26. The molecule has 1 amide bonds. The molecule has 0 bridgehead atoms. The second kappa shape index (κ2) is 8.04. The molecule has 1 fully saturated rings. The van der Waals surface area contributed by atoms with Gasteiger partial charge < -0.3 is 15.1 Å². The maximum absolute atomic E-state index is 12.7. The average Bonchev–Trinajstić information content (AvgIpc) is 2.64. The van der Waals surface area contributed by atoms with Gasteiger partial charge in [-0.1, -0.05) is 30.1 Å². The second-order valence-electron chi connectivity index (χ2n) is 5.91. The van der Waals surface area contributed by atoms with Gasteiger partial charge in [-0.05, 0) is 36.9 Å². The van der Waals surface area contributed by atoms with Crippen molar-refractivity contribution in [3.63, 3.8) is 0 Å². The monoisotopic (exact) mass is 378 g/mol. The number of rotatable bonds is 4. The molecule has 0 spiro atoms. The highest BCUT2D eigenvalue weighted by Crippen LogP contribution is 2.27. The van der Waals surface area contributed by atoms with Crippen molar-refractivity contribution >= 4 is 40.5 Å². The maximum atomic E-state index is 12.7. The molecule has 1 aromatic carbocycles. The Morgan fingerprint density at radius 3 is 2.48 bits per heavy atom. The van der Waals surface area contributed by atoms with Crippen LogP contribution in [0.4, 0.5) is 11.4 Å². The van der Waals surface area contributed by atoms with E-state index < -0.39 is 0 Å². The largest absolute Gasteiger partial charge is 0.355 e. The number of benzene rings is 1. The molecule has 7 heteroatoms. The van der Waals surface area contributed by atoms with Crippen LogP contribution in [-0.2, 0) is 0 Å². The normalized spacial score (nSPS) is 15.2. The van der Waals surface area contributed by atoms with Crippen LogP contribution < -0.4 is 5.32 Å². The van der Waals surface area contributed by atoms with Crippen molar-refractivity contribution in [2.45, 2.75) is 6.92 Å². The topological polar surface area (TPSA) is 48.5 Å². The lowest BCUT2D eigenvalue weighted by molar-refractivity contribution is 0.0637. The van der Waals surface area contributed by atoms with Crippen LogP contribution >= 0.6 is 23.2 Å². The lowest BCUT2D eigenvalue weighted by atomic mass is 10.2. The Morgan fingerprint density at radius 2 is 1.80 bits per heavy atom. The van der Waals surface area contributed by atoms with Crippen molar-refractivity contribution in [2.24, 2.45) is 0 Å². The summed E-state index contributed by atoms with van der Waals surface area (Å²) in [6, 6.07) is 8.88. The van der Waals surface area contributed by atoms with Crippen LogP contribution in [0.2, 0.25) is 10.0 Å². The van der Waals surface area contributed by atoms with Gasteiger partial charge in [0.25, 0.3) is 5.91 Å². The minimum absolute atomic E-state index is 0.0338. The zero-order valence-corrected chi connectivity index (χ0v) is 15.5. The average molecular weight is 379 g/mol. The van der Waals surface area contributed by atoms with Gasteiger partial charge in [-0.3, -0.25) is 9.78 Å². The molecule has 0 aliphatic carbocycles. The highest BCUT2D eigenvalue weighted by Gasteiger charge is 2.22. The van der Waals surface area contributed by atoms with Crippen LogP contribution in [0.25, 0.3) is 0 Å². The third-order valence-corrected chi connectivity index (χ3v) is 5.03. The first-order chi connectivity index (χ1) is 12.1. The number of piperazine rings is 1. The molecule has 0 unspecified atom stereocenters. The summed E-state index contributed by atoms with van der Waals surface area (Å²) in [7, 11) is 0. The first kappa shape index (κ1) is 18.0. The number of likely N-dealkylation sites (N-methyl/N-ethyl adjacent to an activating group) is 1. The molecule has 1 saturated heterocycles. The number of anilines is 2. The van der Waals surface area contributed by atoms with Crippen molar-refractivity contribution in [1.29, 1.82) is 0 Å². The van der Waals surface area contributed by atoms with Crippen LogP contribution in [0.1, 0.15) is 17.4 Å². The molecule has 1 aliphatic heterocycles. The fraction of sp³-hybridized carbons (Fsp3) is 0.333. The lowest BCUT2D eigenvalue weighted by Crippen LogP contribution is -2.48. The molecule has 3 rings (SSSR count). The molecular formula is C18H20Cl2N4O. The Kier molecular flexibility index (Phi) is 5.78. The van der Waals surface area contributed by atoms with Crippen molar-refractivity contribution in [3.8, 4) is 0 Å². The Hall–Kier alpha value is -1.82. The quantitative estimate of drug-likeness (QED) is 0.875. The van der Waals surface area contributed by atoms with Crippen molar-refractivity contribution in [3.05, 3.63) is 52.3 Å². The predicted octanol–water partition coefficient (Wildman–Crippen LogP) is 3.91. The summed E-state index contributed by atoms with van der Waals surface area (Å²) in [5.74, 6) is -0.0338. The highest BCUT2D eigenvalue weighted by atomic mass is 35.5. The summed E-state index contributed by atoms with van der Waals surface area (Å²) in [4.78, 5) is 21.1. The molecule has 1 N–H and O–H groups in total. The maximum Gasteiger partial charge on any atom is 0.272 e. The predicted molar refractivity (Wildman–Crippen MR) is 102 cm³/mol. The van der Waals surface area contributed by atoms with Gasteiger partial charge in [0, 0.05) is 43.8 Å². The molecule has 132 valence electrons. The SMILES string of the molecule is CCN1CCN(C(=O)c2cc(Nc3ccc(Cl)c(Cl)c3)ccn2)CC1. The summed E-state index contributed by atoms with van der Waals surface area (Å²) in [5, 5.41) is 4.21. The third kappa shape index (κ3) is 4.42. The Bertz CT molecular complexity index is 760. The number of carbonyl (C=O) groups excluding carboxylic acids is 1. The fourth-order valence-corrected chi connectivity index (χ4v) is 3.09. The smallest absolute Gasteiger partial charge is 0.272 e. The summed E-state index contributed by atoms with van der Waals surface area (Å²) in [6.07, 6.45) is 1.63. The van der Waals surface area contributed by atoms with Gasteiger partial charge in [-0.15, -0.1) is 0 Å². The van der Waals surface area contributed by atoms with Crippen LogP contribution in [0.3, 0.4) is 0 Å². The number of carbonyl (C=O) groups is 1. The molecule has 1 aromatic heterocycles. The van der Waals surface area contributed by atoms with Gasteiger partial charge in [0.2, 0.25) is 0 Å². The molecule has 5 nitrogen and oxygen atoms in total. The molecule has 0 radical (unpaired) electrons. The van der Waals surface area contributed by atoms with E-state index in [4.69, 9.17) is 23.2 Å². The van der Waals surface area contributed by atoms with E-state index in [0.29, 0.717) is 15.7 Å². The van der Waals surface area contributed by atoms with E-state index in [9.17, 15) is 4.79 Å². The summed E-state index contributed by atoms with van der Waals surface area (Å²) in [6.45, 7) is 6.44. The van der Waals surface area contributed by atoms with Gasteiger partial charge in [-0.25, -0.2) is 0 Å². The van der Waals surface area contributed by atoms with E-state index in [1.54, 1.807) is 24.4 Å². The number of nitrogens with one attached hydrogen (secondary N) is 1. The van der Waals surface area contributed by atoms with Crippen LogP contribution in [0, 0.1) is 0 Å². The molecule has 2 heterocycles. The Morgan fingerprint density at radius 1 is 1.08 bits per heavy atom.